The molecule has 42 heavy (non-hydrogen) atoms. The van der Waals surface area contributed by atoms with Gasteiger partial charge in [-0.3, -0.25) is 0 Å². The van der Waals surface area contributed by atoms with Crippen molar-refractivity contribution in [2.75, 3.05) is 0 Å². The topological polar surface area (TPSA) is 85.2 Å². The highest BCUT2D eigenvalue weighted by Crippen LogP contribution is 2.43. The van der Waals surface area contributed by atoms with Crippen LogP contribution in [-0.2, 0) is 14.2 Å². The molecule has 6 nitrogen and oxygen atoms in total. The smallest absolute Gasteiger partial charge is 0.339 e. The van der Waals surface area contributed by atoms with E-state index in [-0.39, 0.29) is 23.9 Å². The van der Waals surface area contributed by atoms with Gasteiger partial charge in [-0.05, 0) is 86.4 Å². The number of rotatable bonds is 1. The predicted molar refractivity (Wildman–Crippen MR) is 165 cm³/mol. The summed E-state index contributed by atoms with van der Waals surface area (Å²) in [7, 11) is 0. The zero-order chi connectivity index (χ0) is 30.0. The van der Waals surface area contributed by atoms with Gasteiger partial charge < -0.3 is 24.4 Å². The summed E-state index contributed by atoms with van der Waals surface area (Å²) in [4.78, 5) is 13.8. The second kappa shape index (κ2) is 12.9. The van der Waals surface area contributed by atoms with E-state index in [1.165, 1.54) is 32.1 Å². The maximum Gasteiger partial charge on any atom is 0.339 e. The van der Waals surface area contributed by atoms with Crippen LogP contribution in [0.4, 0.5) is 0 Å². The van der Waals surface area contributed by atoms with Gasteiger partial charge in [-0.25, -0.2) is 4.79 Å². The number of hydrogen-bond donors (Lipinski definition) is 2. The normalized spacial score (nSPS) is 38.1. The highest BCUT2D eigenvalue weighted by Gasteiger charge is 2.48. The van der Waals surface area contributed by atoms with E-state index in [1.807, 2.05) is 45.1 Å². The van der Waals surface area contributed by atoms with Crippen LogP contribution in [0.15, 0.2) is 54.2 Å². The molecule has 228 valence electrons. The molecule has 1 aromatic rings. The Kier molecular flexibility index (Phi) is 9.46. The third kappa shape index (κ3) is 6.77. The van der Waals surface area contributed by atoms with Crippen molar-refractivity contribution in [2.24, 2.45) is 17.8 Å². The fourth-order valence-corrected chi connectivity index (χ4v) is 7.09. The monoisotopic (exact) mass is 576 g/mol. The number of ether oxygens (including phenoxy) is 3. The Morgan fingerprint density at radius 2 is 1.69 bits per heavy atom. The molecule has 1 saturated carbocycles. The minimum absolute atomic E-state index is 0.0640. The molecule has 4 aliphatic rings. The van der Waals surface area contributed by atoms with Gasteiger partial charge in [-0.2, -0.15) is 0 Å². The largest absolute Gasteiger partial charge is 0.508 e. The number of carbonyl (C=O) groups excluding carboxylic acids is 1. The second-order valence-electron chi connectivity index (χ2n) is 13.1. The van der Waals surface area contributed by atoms with Gasteiger partial charge in [0.25, 0.3) is 0 Å². The first kappa shape index (κ1) is 30.8. The first-order valence-electron chi connectivity index (χ1n) is 15.8. The SMILES string of the molecule is C/C1=C/C=C\[C@H](C)[C@H](O)/C(C)=C\C[C@@H]2C[C@@H](C[C@]3(C=C[C@H](C)[C@@H](C4CCCCC4)O3)O2)OC(=O)c2cc(C)c(O)cc21. The molecule has 5 rings (SSSR count). The van der Waals surface area contributed by atoms with Gasteiger partial charge in [-0.15, -0.1) is 0 Å². The number of aryl methyl sites for hydroxylation is 1. The van der Waals surface area contributed by atoms with Crippen molar-refractivity contribution in [2.45, 2.75) is 116 Å². The Balaban J connectivity index is 1.51. The summed E-state index contributed by atoms with van der Waals surface area (Å²) < 4.78 is 19.9. The molecule has 1 spiro atoms. The molecule has 0 unspecified atom stereocenters. The number of aliphatic hydroxyl groups excluding tert-OH is 1. The Morgan fingerprint density at radius 1 is 0.929 bits per heavy atom. The van der Waals surface area contributed by atoms with Crippen molar-refractivity contribution in [3.05, 3.63) is 70.9 Å². The van der Waals surface area contributed by atoms with Crippen molar-refractivity contribution in [3.63, 3.8) is 0 Å². The summed E-state index contributed by atoms with van der Waals surface area (Å²) in [6.07, 6.45) is 18.5. The number of aromatic hydroxyl groups is 1. The van der Waals surface area contributed by atoms with Crippen molar-refractivity contribution in [1.29, 1.82) is 0 Å². The van der Waals surface area contributed by atoms with E-state index >= 15 is 0 Å². The second-order valence-corrected chi connectivity index (χ2v) is 13.1. The molecule has 3 aliphatic heterocycles. The summed E-state index contributed by atoms with van der Waals surface area (Å²) >= 11 is 0. The lowest BCUT2D eigenvalue weighted by Crippen LogP contribution is -2.53. The Morgan fingerprint density at radius 3 is 2.45 bits per heavy atom. The molecule has 0 aromatic heterocycles. The number of carbonyl (C=O) groups is 1. The minimum Gasteiger partial charge on any atom is -0.508 e. The number of allylic oxidation sites excluding steroid dienone is 3. The first-order valence-corrected chi connectivity index (χ1v) is 15.8. The number of aliphatic hydroxyl groups is 1. The molecule has 2 N–H and O–H groups in total. The molecule has 7 atom stereocenters. The maximum absolute atomic E-state index is 13.8. The van der Waals surface area contributed by atoms with Crippen molar-refractivity contribution >= 4 is 11.5 Å². The van der Waals surface area contributed by atoms with Crippen LogP contribution >= 0.6 is 0 Å². The summed E-state index contributed by atoms with van der Waals surface area (Å²) in [5, 5.41) is 21.5. The lowest BCUT2D eigenvalue weighted by molar-refractivity contribution is -0.300. The van der Waals surface area contributed by atoms with E-state index in [4.69, 9.17) is 14.2 Å². The molecular weight excluding hydrogens is 528 g/mol. The summed E-state index contributed by atoms with van der Waals surface area (Å²) in [5.41, 5.74) is 3.37. The molecule has 2 fully saturated rings. The summed E-state index contributed by atoms with van der Waals surface area (Å²) in [6.45, 7) is 9.85. The van der Waals surface area contributed by atoms with Crippen LogP contribution in [0.2, 0.25) is 0 Å². The van der Waals surface area contributed by atoms with E-state index in [1.54, 1.807) is 19.1 Å². The average Bonchev–Trinajstić information content (AvgIpc) is 2.97. The van der Waals surface area contributed by atoms with Crippen LogP contribution in [0.5, 0.6) is 5.75 Å². The number of fused-ring (bicyclic) bond motifs is 3. The summed E-state index contributed by atoms with van der Waals surface area (Å²) in [6, 6.07) is 3.34. The number of phenols is 1. The van der Waals surface area contributed by atoms with Crippen molar-refractivity contribution < 1.29 is 29.2 Å². The third-order valence-electron chi connectivity index (χ3n) is 9.71. The first-order chi connectivity index (χ1) is 20.0. The van der Waals surface area contributed by atoms with Gasteiger partial charge in [0, 0.05) is 24.7 Å². The standard InChI is InChI=1S/C36H48O6/c1-22-10-9-11-23(2)33(38)24(3)14-15-28-19-29(40-35(39)31-18-26(5)32(37)20-30(22)31)21-36(41-28)17-16-25(4)34(42-36)27-12-7-6-8-13-27/h9-11,14,16-18,20,23,25,27-29,33-34,37-38H,6-8,12-13,15,19,21H2,1-5H3/b11-9-,22-10-,24-14-/t23-,25-,28+,29-,33-,34-,36+/m0/s1. The van der Waals surface area contributed by atoms with Crippen LogP contribution in [-0.4, -0.2) is 46.4 Å². The summed E-state index contributed by atoms with van der Waals surface area (Å²) in [5.74, 6) is -0.569. The fourth-order valence-electron chi connectivity index (χ4n) is 7.09. The fraction of sp³-hybridized carbons (Fsp3) is 0.583. The van der Waals surface area contributed by atoms with Crippen LogP contribution in [0, 0.1) is 24.7 Å². The van der Waals surface area contributed by atoms with Gasteiger partial charge in [0.2, 0.25) is 0 Å². The van der Waals surface area contributed by atoms with E-state index < -0.39 is 24.0 Å². The zero-order valence-corrected chi connectivity index (χ0v) is 25.8. The lowest BCUT2D eigenvalue weighted by atomic mass is 9.79. The molecule has 0 radical (unpaired) electrons. The highest BCUT2D eigenvalue weighted by atomic mass is 16.7. The maximum atomic E-state index is 13.8. The van der Waals surface area contributed by atoms with Crippen molar-refractivity contribution in [3.8, 4) is 5.75 Å². The Hall–Kier alpha value is -2.67. The van der Waals surface area contributed by atoms with Gasteiger partial charge in [0.05, 0.1) is 23.9 Å². The molecule has 0 amide bonds. The van der Waals surface area contributed by atoms with E-state index in [2.05, 4.69) is 19.1 Å². The van der Waals surface area contributed by atoms with E-state index in [9.17, 15) is 15.0 Å². The van der Waals surface area contributed by atoms with Gasteiger partial charge in [-0.1, -0.05) is 63.5 Å². The molecule has 1 aliphatic carbocycles. The van der Waals surface area contributed by atoms with E-state index in [0.717, 1.165) is 11.1 Å². The Labute approximate surface area is 251 Å². The number of esters is 1. The van der Waals surface area contributed by atoms with Crippen LogP contribution in [0.25, 0.3) is 5.57 Å². The molecule has 2 bridgehead atoms. The van der Waals surface area contributed by atoms with Gasteiger partial charge in [0.15, 0.2) is 5.79 Å². The molecule has 1 aromatic carbocycles. The van der Waals surface area contributed by atoms with Crippen LogP contribution < -0.4 is 0 Å². The Bertz CT molecular complexity index is 1270. The highest BCUT2D eigenvalue weighted by molar-refractivity contribution is 5.96. The number of benzene rings is 1. The molecule has 6 heteroatoms. The minimum atomic E-state index is -0.964. The van der Waals surface area contributed by atoms with Crippen LogP contribution in [0.1, 0.15) is 101 Å². The zero-order valence-electron chi connectivity index (χ0n) is 25.8. The number of phenolic OH excluding ortho intramolecular Hbond substituents is 1. The van der Waals surface area contributed by atoms with Gasteiger partial charge in [0.1, 0.15) is 11.9 Å². The van der Waals surface area contributed by atoms with E-state index in [0.29, 0.717) is 47.8 Å². The third-order valence-corrected chi connectivity index (χ3v) is 9.71. The average molecular weight is 577 g/mol. The quantitative estimate of drug-likeness (QED) is 0.265. The van der Waals surface area contributed by atoms with Crippen molar-refractivity contribution in [1.82, 2.24) is 0 Å². The number of hydrogen-bond acceptors (Lipinski definition) is 6. The molecule has 3 heterocycles. The molecule has 1 saturated heterocycles. The van der Waals surface area contributed by atoms with Gasteiger partial charge >= 0.3 is 5.97 Å². The predicted octanol–water partition coefficient (Wildman–Crippen LogP) is 7.58. The lowest BCUT2D eigenvalue weighted by Gasteiger charge is -2.48. The van der Waals surface area contributed by atoms with Crippen LogP contribution in [0.3, 0.4) is 0 Å². The molecular formula is C36H48O6.